The molecule has 0 saturated carbocycles. The van der Waals surface area contributed by atoms with Gasteiger partial charge in [0.2, 0.25) is 0 Å². The Morgan fingerprint density at radius 2 is 1.79 bits per heavy atom. The van der Waals surface area contributed by atoms with Gasteiger partial charge in [-0.25, -0.2) is 5.43 Å². The molecule has 0 unspecified atom stereocenters. The van der Waals surface area contributed by atoms with Crippen molar-refractivity contribution in [3.8, 4) is 11.5 Å². The van der Waals surface area contributed by atoms with Crippen molar-refractivity contribution in [1.29, 1.82) is 0 Å². The van der Waals surface area contributed by atoms with Crippen LogP contribution in [-0.2, 0) is 4.79 Å². The highest BCUT2D eigenvalue weighted by Crippen LogP contribution is 2.25. The topological polar surface area (TPSA) is 133 Å². The molecule has 1 amide bonds. The van der Waals surface area contributed by atoms with Crippen molar-refractivity contribution in [2.75, 3.05) is 7.11 Å². The average molecular weight is 396 g/mol. The minimum absolute atomic E-state index is 0.00554. The van der Waals surface area contributed by atoms with E-state index in [1.54, 1.807) is 12.1 Å². The lowest BCUT2D eigenvalue weighted by Crippen LogP contribution is -2.17. The molecule has 0 atom stereocenters. The van der Waals surface area contributed by atoms with E-state index in [1.807, 2.05) is 0 Å². The molecule has 3 N–H and O–H groups in total. The zero-order chi connectivity index (χ0) is 21.4. The van der Waals surface area contributed by atoms with Crippen LogP contribution in [0.2, 0.25) is 0 Å². The summed E-state index contributed by atoms with van der Waals surface area (Å²) in [6.07, 6.45) is 1.41. The number of carbonyl (C=O) groups is 2. The summed E-state index contributed by atoms with van der Waals surface area (Å²) in [5.74, 6) is -0.767. The molecule has 0 aliphatic carbocycles. The number of benzene rings is 2. The summed E-state index contributed by atoms with van der Waals surface area (Å²) in [6.45, 7) is 2.62. The van der Waals surface area contributed by atoms with Crippen LogP contribution in [0.5, 0.6) is 11.5 Å². The molecule has 2 aromatic carbocycles. The van der Waals surface area contributed by atoms with E-state index in [9.17, 15) is 19.8 Å². The number of aliphatic hydroxyl groups excluding tert-OH is 1. The summed E-state index contributed by atoms with van der Waals surface area (Å²) in [6, 6.07) is 10.8. The van der Waals surface area contributed by atoms with Gasteiger partial charge in [-0.1, -0.05) is 0 Å². The van der Waals surface area contributed by atoms with Crippen LogP contribution in [-0.4, -0.2) is 35.2 Å². The van der Waals surface area contributed by atoms with Crippen molar-refractivity contribution in [3.63, 3.8) is 0 Å². The molecule has 2 aromatic rings. The van der Waals surface area contributed by atoms with Crippen LogP contribution in [0, 0.1) is 0 Å². The van der Waals surface area contributed by atoms with Gasteiger partial charge in [0.25, 0.3) is 5.91 Å². The minimum Gasteiger partial charge on any atom is -0.510 e. The summed E-state index contributed by atoms with van der Waals surface area (Å²) in [5.41, 5.74) is 3.63. The highest BCUT2D eigenvalue weighted by atomic mass is 16.5. The zero-order valence-corrected chi connectivity index (χ0v) is 16.1. The first-order valence-electron chi connectivity index (χ1n) is 8.44. The smallest absolute Gasteiger partial charge is 0.271 e. The number of hydrazone groups is 1. The molecule has 0 bridgehead atoms. The number of Topliss-reactive ketones (excluding diaryl/α,β-unsaturated/α-hetero) is 1. The number of nitrogens with zero attached hydrogens (tertiary/aromatic N) is 3. The largest absolute Gasteiger partial charge is 0.510 e. The second kappa shape index (κ2) is 9.79. The van der Waals surface area contributed by atoms with Crippen LogP contribution in [0.1, 0.15) is 29.8 Å². The highest BCUT2D eigenvalue weighted by molar-refractivity contribution is 5.95. The van der Waals surface area contributed by atoms with E-state index in [1.165, 1.54) is 57.5 Å². The first-order chi connectivity index (χ1) is 13.8. The van der Waals surface area contributed by atoms with Crippen molar-refractivity contribution in [1.82, 2.24) is 5.43 Å². The lowest BCUT2D eigenvalue weighted by Gasteiger charge is -2.03. The van der Waals surface area contributed by atoms with Crippen molar-refractivity contribution in [2.24, 2.45) is 15.3 Å². The van der Waals surface area contributed by atoms with Crippen LogP contribution in [0.3, 0.4) is 0 Å². The zero-order valence-electron chi connectivity index (χ0n) is 16.1. The summed E-state index contributed by atoms with van der Waals surface area (Å²) in [4.78, 5) is 23.5. The highest BCUT2D eigenvalue weighted by Gasteiger charge is 2.07. The Morgan fingerprint density at radius 1 is 1.10 bits per heavy atom. The fourth-order valence-electron chi connectivity index (χ4n) is 2.19. The van der Waals surface area contributed by atoms with E-state index in [-0.39, 0.29) is 17.2 Å². The van der Waals surface area contributed by atoms with Gasteiger partial charge in [-0.15, -0.1) is 5.11 Å². The van der Waals surface area contributed by atoms with Gasteiger partial charge >= 0.3 is 0 Å². The molecule has 29 heavy (non-hydrogen) atoms. The average Bonchev–Trinajstić information content (AvgIpc) is 2.69. The van der Waals surface area contributed by atoms with Crippen molar-refractivity contribution in [3.05, 3.63) is 65.0 Å². The van der Waals surface area contributed by atoms with Gasteiger partial charge < -0.3 is 14.9 Å². The number of nitrogens with one attached hydrogen (secondary N) is 1. The number of rotatable bonds is 7. The van der Waals surface area contributed by atoms with E-state index in [4.69, 9.17) is 4.74 Å². The molecule has 0 aliphatic heterocycles. The summed E-state index contributed by atoms with van der Waals surface area (Å²) in [5, 5.41) is 30.4. The Labute approximate surface area is 167 Å². The van der Waals surface area contributed by atoms with Gasteiger partial charge in [0, 0.05) is 12.5 Å². The predicted molar refractivity (Wildman–Crippen MR) is 107 cm³/mol. The number of aliphatic hydroxyl groups is 1. The molecule has 2 rings (SSSR count). The molecule has 9 heteroatoms. The first-order valence-corrected chi connectivity index (χ1v) is 8.44. The first kappa shape index (κ1) is 21.3. The molecule has 0 fully saturated rings. The molecular weight excluding hydrogens is 376 g/mol. The summed E-state index contributed by atoms with van der Waals surface area (Å²) >= 11 is 0. The third kappa shape index (κ3) is 5.99. The van der Waals surface area contributed by atoms with E-state index < -0.39 is 11.7 Å². The number of allylic oxidation sites excluding steroid dienone is 2. The van der Waals surface area contributed by atoms with Gasteiger partial charge in [0.05, 0.1) is 19.0 Å². The Bertz CT molecular complexity index is 990. The number of carbonyl (C=O) groups excluding carboxylic acids is 2. The molecule has 0 aromatic heterocycles. The number of ether oxygens (including phenoxy) is 1. The molecular formula is C20H20N4O5. The number of phenols is 1. The van der Waals surface area contributed by atoms with Crippen LogP contribution in [0.25, 0.3) is 0 Å². The van der Waals surface area contributed by atoms with Crippen molar-refractivity contribution in [2.45, 2.75) is 13.8 Å². The molecule has 9 nitrogen and oxygen atoms in total. The number of aromatic hydroxyl groups is 1. The molecule has 150 valence electrons. The summed E-state index contributed by atoms with van der Waals surface area (Å²) in [7, 11) is 1.43. The Morgan fingerprint density at radius 3 is 2.38 bits per heavy atom. The van der Waals surface area contributed by atoms with E-state index in [2.05, 4.69) is 20.8 Å². The number of hydrogen-bond acceptors (Lipinski definition) is 8. The number of phenolic OH excluding ortho intramolecular Hbond substituents is 1. The van der Waals surface area contributed by atoms with Gasteiger partial charge in [0.1, 0.15) is 5.76 Å². The van der Waals surface area contributed by atoms with Crippen molar-refractivity contribution < 1.29 is 24.5 Å². The molecule has 0 aliphatic rings. The van der Waals surface area contributed by atoms with Crippen LogP contribution in [0.15, 0.2) is 69.3 Å². The quantitative estimate of drug-likeness (QED) is 0.216. The SMILES string of the molecule is COc1cc(/C=N/NC(=O)c2ccc(N=N/C(C(C)=O)=C(/C)O)cc2)ccc1O. The number of ketones is 1. The lowest BCUT2D eigenvalue weighted by atomic mass is 10.2. The maximum atomic E-state index is 12.1. The normalized spacial score (nSPS) is 12.1. The summed E-state index contributed by atoms with van der Waals surface area (Å²) < 4.78 is 5.00. The van der Waals surface area contributed by atoms with Crippen molar-refractivity contribution >= 4 is 23.6 Å². The Hall–Kier alpha value is -4.01. The minimum atomic E-state index is -0.439. The standard InChI is InChI=1S/C20H20N4O5/c1-12(25)19(13(2)26)23-22-16-7-5-15(6-8-16)20(28)24-21-11-14-4-9-17(27)18(10-14)29-3/h4-11,25,27H,1-3H3,(H,24,28)/b19-12-,21-11+,23-22?. The maximum absolute atomic E-state index is 12.1. The van der Waals surface area contributed by atoms with E-state index in [0.717, 1.165) is 0 Å². The molecule has 0 heterocycles. The lowest BCUT2D eigenvalue weighted by molar-refractivity contribution is -0.113. The second-order valence-electron chi connectivity index (χ2n) is 5.87. The molecule has 0 saturated heterocycles. The van der Waals surface area contributed by atoms with E-state index in [0.29, 0.717) is 22.6 Å². The fourth-order valence-corrected chi connectivity index (χ4v) is 2.19. The van der Waals surface area contributed by atoms with Crippen LogP contribution in [0.4, 0.5) is 5.69 Å². The number of azo groups is 1. The van der Waals surface area contributed by atoms with Gasteiger partial charge in [0.15, 0.2) is 23.0 Å². The second-order valence-corrected chi connectivity index (χ2v) is 5.87. The molecule has 0 spiro atoms. The number of methoxy groups -OCH3 is 1. The van der Waals surface area contributed by atoms with Crippen LogP contribution < -0.4 is 10.2 Å². The monoisotopic (exact) mass is 396 g/mol. The van der Waals surface area contributed by atoms with Gasteiger partial charge in [-0.2, -0.15) is 10.2 Å². The van der Waals surface area contributed by atoms with Gasteiger partial charge in [-0.3, -0.25) is 9.59 Å². The molecule has 0 radical (unpaired) electrons. The van der Waals surface area contributed by atoms with Gasteiger partial charge in [-0.05, 0) is 55.0 Å². The fraction of sp³-hybridized carbons (Fsp3) is 0.150. The third-order valence-electron chi connectivity index (χ3n) is 3.65. The third-order valence-corrected chi connectivity index (χ3v) is 3.65. The predicted octanol–water partition coefficient (Wildman–Crippen LogP) is 3.63. The number of amides is 1. The Balaban J connectivity index is 2.02. The Kier molecular flexibility index (Phi) is 7.19. The van der Waals surface area contributed by atoms with E-state index >= 15 is 0 Å². The van der Waals surface area contributed by atoms with Crippen LogP contribution >= 0.6 is 0 Å². The number of hydrogen-bond donors (Lipinski definition) is 3. The maximum Gasteiger partial charge on any atom is 0.271 e.